The molecule has 0 aromatic heterocycles. The van der Waals surface area contributed by atoms with E-state index < -0.39 is 10.0 Å². The Bertz CT molecular complexity index is 999. The molecule has 1 aliphatic heterocycles. The largest absolute Gasteiger partial charge is 0.352 e. The number of sulfonamides is 1. The fourth-order valence-electron chi connectivity index (χ4n) is 4.02. The quantitative estimate of drug-likeness (QED) is 0.635. The van der Waals surface area contributed by atoms with Crippen molar-refractivity contribution in [3.05, 3.63) is 65.7 Å². The molecule has 1 amide bonds. The van der Waals surface area contributed by atoms with Crippen LogP contribution in [0.15, 0.2) is 59.5 Å². The third kappa shape index (κ3) is 6.40. The minimum atomic E-state index is -3.63. The summed E-state index contributed by atoms with van der Waals surface area (Å²) in [4.78, 5) is 14.9. The van der Waals surface area contributed by atoms with Crippen LogP contribution >= 0.6 is 0 Å². The van der Waals surface area contributed by atoms with Gasteiger partial charge in [-0.1, -0.05) is 63.2 Å². The summed E-state index contributed by atoms with van der Waals surface area (Å²) in [5, 5.41) is 3.05. The molecule has 2 aromatic carbocycles. The van der Waals surface area contributed by atoms with Crippen molar-refractivity contribution in [2.75, 3.05) is 19.6 Å². The van der Waals surface area contributed by atoms with Crippen LogP contribution < -0.4 is 10.0 Å². The second-order valence-electron chi connectivity index (χ2n) is 9.56. The lowest BCUT2D eigenvalue weighted by molar-refractivity contribution is -0.121. The van der Waals surface area contributed by atoms with Gasteiger partial charge in [-0.15, -0.1) is 0 Å². The Balaban J connectivity index is 1.44. The highest BCUT2D eigenvalue weighted by Crippen LogP contribution is 2.25. The maximum absolute atomic E-state index is 12.5. The van der Waals surface area contributed by atoms with Gasteiger partial charge in [-0.2, -0.15) is 0 Å². The van der Waals surface area contributed by atoms with Crippen LogP contribution in [0, 0.1) is 0 Å². The standard InChI is InChI=1S/C25H35N3O3S/c1-19(20-8-6-5-7-9-20)28-17-15-22(18-28)27-24(29)14-16-26-32(30,31)23-12-10-21(11-13-23)25(2,3)4/h5-13,19,22,26H,14-18H2,1-4H3,(H,27,29). The molecule has 7 heteroatoms. The number of amides is 1. The molecule has 2 unspecified atom stereocenters. The Hall–Kier alpha value is -2.22. The van der Waals surface area contributed by atoms with Crippen LogP contribution in [0.25, 0.3) is 0 Å². The minimum Gasteiger partial charge on any atom is -0.352 e. The second kappa shape index (κ2) is 10.1. The van der Waals surface area contributed by atoms with Gasteiger partial charge < -0.3 is 5.32 Å². The Kier molecular flexibility index (Phi) is 7.75. The van der Waals surface area contributed by atoms with Gasteiger partial charge in [0.05, 0.1) is 4.90 Å². The third-order valence-electron chi connectivity index (χ3n) is 6.09. The van der Waals surface area contributed by atoms with Crippen LogP contribution in [-0.4, -0.2) is 44.9 Å². The van der Waals surface area contributed by atoms with Crippen LogP contribution in [0.4, 0.5) is 0 Å². The van der Waals surface area contributed by atoms with Crippen molar-refractivity contribution in [1.29, 1.82) is 0 Å². The molecule has 2 N–H and O–H groups in total. The van der Waals surface area contributed by atoms with Gasteiger partial charge in [0.15, 0.2) is 0 Å². The van der Waals surface area contributed by atoms with E-state index in [0.29, 0.717) is 6.04 Å². The molecule has 0 spiro atoms. The summed E-state index contributed by atoms with van der Waals surface area (Å²) in [6.07, 6.45) is 1.01. The van der Waals surface area contributed by atoms with Crippen molar-refractivity contribution < 1.29 is 13.2 Å². The fraction of sp³-hybridized carbons (Fsp3) is 0.480. The van der Waals surface area contributed by atoms with Crippen LogP contribution in [-0.2, 0) is 20.2 Å². The van der Waals surface area contributed by atoms with Gasteiger partial charge in [-0.25, -0.2) is 13.1 Å². The Labute approximate surface area is 192 Å². The zero-order valence-corrected chi connectivity index (χ0v) is 20.3. The van der Waals surface area contributed by atoms with Crippen LogP contribution in [0.1, 0.15) is 57.7 Å². The Morgan fingerprint density at radius 1 is 1.09 bits per heavy atom. The van der Waals surface area contributed by atoms with E-state index in [9.17, 15) is 13.2 Å². The molecule has 1 saturated heterocycles. The topological polar surface area (TPSA) is 78.5 Å². The average molecular weight is 458 g/mol. The molecule has 0 bridgehead atoms. The summed E-state index contributed by atoms with van der Waals surface area (Å²) in [7, 11) is -3.63. The first-order valence-electron chi connectivity index (χ1n) is 11.2. The number of hydrogen-bond acceptors (Lipinski definition) is 4. The highest BCUT2D eigenvalue weighted by Gasteiger charge is 2.27. The van der Waals surface area contributed by atoms with Crippen LogP contribution in [0.3, 0.4) is 0 Å². The first-order valence-corrected chi connectivity index (χ1v) is 12.7. The van der Waals surface area contributed by atoms with Gasteiger partial charge in [0.2, 0.25) is 15.9 Å². The first-order chi connectivity index (χ1) is 15.1. The maximum Gasteiger partial charge on any atom is 0.240 e. The molecule has 2 aromatic rings. The van der Waals surface area contributed by atoms with Gasteiger partial charge in [0.25, 0.3) is 0 Å². The number of carbonyl (C=O) groups is 1. The first kappa shape index (κ1) is 24.4. The molecular weight excluding hydrogens is 422 g/mol. The molecular formula is C25H35N3O3S. The van der Waals surface area contributed by atoms with E-state index in [0.717, 1.165) is 25.1 Å². The molecule has 2 atom stereocenters. The van der Waals surface area contributed by atoms with Crippen LogP contribution in [0.5, 0.6) is 0 Å². The molecule has 32 heavy (non-hydrogen) atoms. The lowest BCUT2D eigenvalue weighted by atomic mass is 9.87. The predicted octanol–water partition coefficient (Wildman–Crippen LogP) is 3.60. The third-order valence-corrected chi connectivity index (χ3v) is 7.57. The Morgan fingerprint density at radius 2 is 1.75 bits per heavy atom. The van der Waals surface area contributed by atoms with Gasteiger partial charge in [0.1, 0.15) is 0 Å². The van der Waals surface area contributed by atoms with Gasteiger partial charge >= 0.3 is 0 Å². The number of rotatable bonds is 8. The van der Waals surface area contributed by atoms with E-state index in [2.05, 4.69) is 54.8 Å². The molecule has 1 fully saturated rings. The lowest BCUT2D eigenvalue weighted by Crippen LogP contribution is -2.39. The average Bonchev–Trinajstić information content (AvgIpc) is 3.21. The summed E-state index contributed by atoms with van der Waals surface area (Å²) in [5.74, 6) is -0.130. The highest BCUT2D eigenvalue weighted by atomic mass is 32.2. The van der Waals surface area contributed by atoms with Crippen molar-refractivity contribution in [3.8, 4) is 0 Å². The van der Waals surface area contributed by atoms with Crippen molar-refractivity contribution in [1.82, 2.24) is 14.9 Å². The number of nitrogens with zero attached hydrogens (tertiary/aromatic N) is 1. The smallest absolute Gasteiger partial charge is 0.240 e. The molecule has 174 valence electrons. The van der Waals surface area contributed by atoms with Crippen molar-refractivity contribution >= 4 is 15.9 Å². The molecule has 0 radical (unpaired) electrons. The monoisotopic (exact) mass is 457 g/mol. The Morgan fingerprint density at radius 3 is 2.38 bits per heavy atom. The minimum absolute atomic E-state index is 0.0392. The molecule has 1 aliphatic rings. The van der Waals surface area contributed by atoms with Crippen molar-refractivity contribution in [3.63, 3.8) is 0 Å². The molecule has 0 aliphatic carbocycles. The van der Waals surface area contributed by atoms with Gasteiger partial charge in [-0.3, -0.25) is 9.69 Å². The second-order valence-corrected chi connectivity index (χ2v) is 11.3. The summed E-state index contributed by atoms with van der Waals surface area (Å²) < 4.78 is 27.6. The lowest BCUT2D eigenvalue weighted by Gasteiger charge is -2.24. The highest BCUT2D eigenvalue weighted by molar-refractivity contribution is 7.89. The molecule has 1 heterocycles. The van der Waals surface area contributed by atoms with E-state index in [4.69, 9.17) is 0 Å². The maximum atomic E-state index is 12.5. The summed E-state index contributed by atoms with van der Waals surface area (Å²) in [6, 6.07) is 17.6. The molecule has 0 saturated carbocycles. The molecule has 6 nitrogen and oxygen atoms in total. The zero-order valence-electron chi connectivity index (χ0n) is 19.5. The predicted molar refractivity (Wildman–Crippen MR) is 128 cm³/mol. The van der Waals surface area contributed by atoms with Gasteiger partial charge in [-0.05, 0) is 42.0 Å². The number of hydrogen-bond donors (Lipinski definition) is 2. The van der Waals surface area contributed by atoms with E-state index in [1.807, 2.05) is 30.3 Å². The molecule has 3 rings (SSSR count). The van der Waals surface area contributed by atoms with Gasteiger partial charge in [0, 0.05) is 38.1 Å². The number of benzene rings is 2. The number of carbonyl (C=O) groups excluding carboxylic acids is 1. The number of nitrogens with one attached hydrogen (secondary N) is 2. The van der Waals surface area contributed by atoms with Crippen LogP contribution in [0.2, 0.25) is 0 Å². The summed E-state index contributed by atoms with van der Waals surface area (Å²) in [6.45, 7) is 10.2. The van der Waals surface area contributed by atoms with E-state index in [1.54, 1.807) is 12.1 Å². The normalized spacial score (nSPS) is 18.4. The SMILES string of the molecule is CC(c1ccccc1)N1CCC(NC(=O)CCNS(=O)(=O)c2ccc(C(C)(C)C)cc2)C1. The zero-order chi connectivity index (χ0) is 23.4. The van der Waals surface area contributed by atoms with E-state index in [-0.39, 0.29) is 35.2 Å². The fourth-order valence-corrected chi connectivity index (χ4v) is 5.05. The summed E-state index contributed by atoms with van der Waals surface area (Å²) >= 11 is 0. The number of likely N-dealkylation sites (tertiary alicyclic amines) is 1. The summed E-state index contributed by atoms with van der Waals surface area (Å²) in [5.41, 5.74) is 2.30. The van der Waals surface area contributed by atoms with Crippen molar-refractivity contribution in [2.24, 2.45) is 0 Å². The van der Waals surface area contributed by atoms with E-state index in [1.165, 1.54) is 5.56 Å². The van der Waals surface area contributed by atoms with E-state index >= 15 is 0 Å². The van der Waals surface area contributed by atoms with Crippen molar-refractivity contribution in [2.45, 2.75) is 62.9 Å².